The van der Waals surface area contributed by atoms with Crippen molar-refractivity contribution in [2.75, 3.05) is 13.2 Å². The lowest BCUT2D eigenvalue weighted by molar-refractivity contribution is 0.0450. The molecule has 1 unspecified atom stereocenters. The molecule has 0 amide bonds. The van der Waals surface area contributed by atoms with E-state index in [0.29, 0.717) is 24.8 Å². The second kappa shape index (κ2) is 6.14. The Morgan fingerprint density at radius 2 is 2.37 bits per heavy atom. The molecule has 0 aromatic carbocycles. The van der Waals surface area contributed by atoms with Gasteiger partial charge < -0.3 is 9.47 Å². The van der Waals surface area contributed by atoms with E-state index in [2.05, 4.69) is 10.3 Å². The summed E-state index contributed by atoms with van der Waals surface area (Å²) in [7, 11) is 0. The highest BCUT2D eigenvalue weighted by molar-refractivity contribution is 5.88. The van der Waals surface area contributed by atoms with Crippen LogP contribution >= 0.6 is 0 Å². The lowest BCUT2D eigenvalue weighted by atomic mass is 10.2. The Hall–Kier alpha value is -1.43. The van der Waals surface area contributed by atoms with Crippen molar-refractivity contribution in [1.29, 1.82) is 0 Å². The molecule has 6 heteroatoms. The SMILES string of the molecule is Cc1c(C(=O)OCC(C)C)nnn1CC1CCCO1. The highest BCUT2D eigenvalue weighted by Gasteiger charge is 2.22. The maximum atomic E-state index is 11.9. The number of ether oxygens (including phenoxy) is 2. The molecule has 0 aliphatic carbocycles. The summed E-state index contributed by atoms with van der Waals surface area (Å²) in [6.07, 6.45) is 2.30. The van der Waals surface area contributed by atoms with Crippen LogP contribution in [0.3, 0.4) is 0 Å². The van der Waals surface area contributed by atoms with Crippen molar-refractivity contribution in [2.45, 2.75) is 46.3 Å². The van der Waals surface area contributed by atoms with Crippen LogP contribution in [0.15, 0.2) is 0 Å². The molecule has 0 radical (unpaired) electrons. The third-order valence-electron chi connectivity index (χ3n) is 3.12. The average Bonchev–Trinajstić information content (AvgIpc) is 2.98. The number of hydrogen-bond acceptors (Lipinski definition) is 5. The first-order valence-corrected chi connectivity index (χ1v) is 6.76. The van der Waals surface area contributed by atoms with Crippen molar-refractivity contribution >= 4 is 5.97 Å². The Morgan fingerprint density at radius 1 is 1.58 bits per heavy atom. The normalized spacial score (nSPS) is 19.1. The second-order valence-electron chi connectivity index (χ2n) is 5.33. The monoisotopic (exact) mass is 267 g/mol. The molecule has 0 saturated carbocycles. The summed E-state index contributed by atoms with van der Waals surface area (Å²) in [6, 6.07) is 0. The Bertz CT molecular complexity index is 436. The standard InChI is InChI=1S/C13H21N3O3/c1-9(2)8-19-13(17)12-10(3)16(15-14-12)7-11-5-4-6-18-11/h9,11H,4-8H2,1-3H3. The number of hydrogen-bond donors (Lipinski definition) is 0. The Balaban J connectivity index is 1.98. The van der Waals surface area contributed by atoms with E-state index in [0.717, 1.165) is 25.1 Å². The fourth-order valence-corrected chi connectivity index (χ4v) is 2.01. The molecule has 1 aromatic rings. The van der Waals surface area contributed by atoms with Gasteiger partial charge in [-0.05, 0) is 25.7 Å². The summed E-state index contributed by atoms with van der Waals surface area (Å²) >= 11 is 0. The molecule has 0 N–H and O–H groups in total. The van der Waals surface area contributed by atoms with Gasteiger partial charge in [0, 0.05) is 6.61 Å². The molecule has 6 nitrogen and oxygen atoms in total. The quantitative estimate of drug-likeness (QED) is 0.758. The first-order valence-electron chi connectivity index (χ1n) is 6.76. The van der Waals surface area contributed by atoms with Gasteiger partial charge >= 0.3 is 5.97 Å². The van der Waals surface area contributed by atoms with E-state index in [1.807, 2.05) is 20.8 Å². The van der Waals surface area contributed by atoms with Gasteiger partial charge in [-0.2, -0.15) is 0 Å². The zero-order valence-corrected chi connectivity index (χ0v) is 11.8. The molecular formula is C13H21N3O3. The van der Waals surface area contributed by atoms with Crippen molar-refractivity contribution in [2.24, 2.45) is 5.92 Å². The van der Waals surface area contributed by atoms with E-state index < -0.39 is 5.97 Å². The van der Waals surface area contributed by atoms with Gasteiger partial charge in [0.05, 0.1) is 24.9 Å². The van der Waals surface area contributed by atoms with Crippen molar-refractivity contribution in [3.05, 3.63) is 11.4 Å². The van der Waals surface area contributed by atoms with Gasteiger partial charge in [-0.1, -0.05) is 19.1 Å². The Labute approximate surface area is 113 Å². The van der Waals surface area contributed by atoms with Crippen molar-refractivity contribution in [1.82, 2.24) is 15.0 Å². The lowest BCUT2D eigenvalue weighted by Crippen LogP contribution is -2.17. The van der Waals surface area contributed by atoms with E-state index in [9.17, 15) is 4.79 Å². The third kappa shape index (κ3) is 3.53. The van der Waals surface area contributed by atoms with Crippen molar-refractivity contribution in [3.8, 4) is 0 Å². The van der Waals surface area contributed by atoms with Gasteiger partial charge in [0.1, 0.15) is 0 Å². The second-order valence-corrected chi connectivity index (χ2v) is 5.33. The number of esters is 1. The van der Waals surface area contributed by atoms with E-state index in [4.69, 9.17) is 9.47 Å². The maximum absolute atomic E-state index is 11.9. The molecule has 1 saturated heterocycles. The Kier molecular flexibility index (Phi) is 4.52. The molecule has 106 valence electrons. The summed E-state index contributed by atoms with van der Waals surface area (Å²) in [5, 5.41) is 7.93. The minimum atomic E-state index is -0.398. The highest BCUT2D eigenvalue weighted by Crippen LogP contribution is 2.15. The van der Waals surface area contributed by atoms with Crippen LogP contribution < -0.4 is 0 Å². The number of carbonyl (C=O) groups excluding carboxylic acids is 1. The van der Waals surface area contributed by atoms with Gasteiger partial charge in [-0.25, -0.2) is 9.48 Å². The predicted molar refractivity (Wildman–Crippen MR) is 68.9 cm³/mol. The van der Waals surface area contributed by atoms with Crippen LogP contribution in [-0.2, 0) is 16.0 Å². The van der Waals surface area contributed by atoms with Crippen molar-refractivity contribution < 1.29 is 14.3 Å². The summed E-state index contributed by atoms with van der Waals surface area (Å²) < 4.78 is 12.4. The summed E-state index contributed by atoms with van der Waals surface area (Å²) in [6.45, 7) is 7.68. The van der Waals surface area contributed by atoms with Crippen LogP contribution in [0.2, 0.25) is 0 Å². The van der Waals surface area contributed by atoms with Crippen LogP contribution in [0.1, 0.15) is 42.9 Å². The molecule has 2 rings (SSSR count). The van der Waals surface area contributed by atoms with Crippen LogP contribution in [-0.4, -0.2) is 40.3 Å². The maximum Gasteiger partial charge on any atom is 0.360 e. The van der Waals surface area contributed by atoms with E-state index >= 15 is 0 Å². The van der Waals surface area contributed by atoms with Gasteiger partial charge in [0.25, 0.3) is 0 Å². The summed E-state index contributed by atoms with van der Waals surface area (Å²) in [4.78, 5) is 11.9. The molecule has 1 fully saturated rings. The van der Waals surface area contributed by atoms with Crippen LogP contribution in [0.25, 0.3) is 0 Å². The molecular weight excluding hydrogens is 246 g/mol. The number of rotatable bonds is 5. The lowest BCUT2D eigenvalue weighted by Gasteiger charge is -2.10. The van der Waals surface area contributed by atoms with Crippen LogP contribution in [0.4, 0.5) is 0 Å². The van der Waals surface area contributed by atoms with Gasteiger partial charge in [0.2, 0.25) is 0 Å². The van der Waals surface area contributed by atoms with Crippen LogP contribution in [0, 0.1) is 12.8 Å². The molecule has 2 heterocycles. The molecule has 1 aliphatic heterocycles. The van der Waals surface area contributed by atoms with E-state index in [-0.39, 0.29) is 6.10 Å². The zero-order chi connectivity index (χ0) is 13.8. The minimum absolute atomic E-state index is 0.180. The highest BCUT2D eigenvalue weighted by atomic mass is 16.5. The smallest absolute Gasteiger partial charge is 0.360 e. The first-order chi connectivity index (χ1) is 9.08. The molecule has 1 aliphatic rings. The van der Waals surface area contributed by atoms with Gasteiger partial charge in [0.15, 0.2) is 5.69 Å². The molecule has 0 spiro atoms. The summed E-state index contributed by atoms with van der Waals surface area (Å²) in [5.41, 5.74) is 1.04. The van der Waals surface area contributed by atoms with Crippen molar-refractivity contribution in [3.63, 3.8) is 0 Å². The first kappa shape index (κ1) is 14.0. The molecule has 1 aromatic heterocycles. The fourth-order valence-electron chi connectivity index (χ4n) is 2.01. The van der Waals surface area contributed by atoms with Gasteiger partial charge in [-0.3, -0.25) is 0 Å². The Morgan fingerprint density at radius 3 is 3.00 bits per heavy atom. The van der Waals surface area contributed by atoms with Gasteiger partial charge in [-0.15, -0.1) is 5.10 Å². The summed E-state index contributed by atoms with van der Waals surface area (Å²) in [5.74, 6) is -0.0871. The largest absolute Gasteiger partial charge is 0.461 e. The average molecular weight is 267 g/mol. The van der Waals surface area contributed by atoms with E-state index in [1.165, 1.54) is 0 Å². The molecule has 19 heavy (non-hydrogen) atoms. The van der Waals surface area contributed by atoms with E-state index in [1.54, 1.807) is 4.68 Å². The number of aromatic nitrogens is 3. The van der Waals surface area contributed by atoms with Crippen LogP contribution in [0.5, 0.6) is 0 Å². The predicted octanol–water partition coefficient (Wildman–Crippen LogP) is 1.58. The number of carbonyl (C=O) groups is 1. The zero-order valence-electron chi connectivity index (χ0n) is 11.8. The molecule has 1 atom stereocenters. The fraction of sp³-hybridized carbons (Fsp3) is 0.769. The topological polar surface area (TPSA) is 66.2 Å². The third-order valence-corrected chi connectivity index (χ3v) is 3.12. The minimum Gasteiger partial charge on any atom is -0.461 e. The molecule has 0 bridgehead atoms. The number of nitrogens with zero attached hydrogens (tertiary/aromatic N) is 3.